The highest BCUT2D eigenvalue weighted by atomic mass is 79.9. The smallest absolute Gasteiger partial charge is 0.249 e. The maximum atomic E-state index is 13.2. The van der Waals surface area contributed by atoms with Crippen molar-refractivity contribution in [3.63, 3.8) is 0 Å². The van der Waals surface area contributed by atoms with Gasteiger partial charge in [0, 0.05) is 10.0 Å². The van der Waals surface area contributed by atoms with E-state index in [1.54, 1.807) is 6.07 Å². The van der Waals surface area contributed by atoms with Crippen LogP contribution in [0.1, 0.15) is 26.7 Å². The number of nitrogens with one attached hydrogen (secondary N) is 1. The molecule has 0 unspecified atom stereocenters. The van der Waals surface area contributed by atoms with Crippen LogP contribution in [0.4, 0.5) is 4.39 Å². The highest BCUT2D eigenvalue weighted by Gasteiger charge is 2.15. The first-order chi connectivity index (χ1) is 8.85. The van der Waals surface area contributed by atoms with Crippen molar-refractivity contribution < 1.29 is 8.81 Å². The van der Waals surface area contributed by atoms with E-state index in [2.05, 4.69) is 31.4 Å². The number of nitrogens with zero attached hydrogens (tertiary/aromatic N) is 2. The van der Waals surface area contributed by atoms with E-state index in [0.717, 1.165) is 0 Å². The van der Waals surface area contributed by atoms with Crippen molar-refractivity contribution in [1.29, 1.82) is 0 Å². The van der Waals surface area contributed by atoms with E-state index in [1.165, 1.54) is 12.1 Å². The second-order valence-corrected chi connectivity index (χ2v) is 6.08. The Bertz CT molecular complexity index is 578. The van der Waals surface area contributed by atoms with E-state index >= 15 is 0 Å². The zero-order valence-electron chi connectivity index (χ0n) is 11.0. The van der Waals surface area contributed by atoms with Crippen molar-refractivity contribution in [2.75, 3.05) is 0 Å². The Morgan fingerprint density at radius 2 is 2.05 bits per heavy atom. The molecule has 0 aliphatic heterocycles. The summed E-state index contributed by atoms with van der Waals surface area (Å²) in [6.07, 6.45) is 0. The lowest BCUT2D eigenvalue weighted by Gasteiger charge is -2.18. The van der Waals surface area contributed by atoms with Crippen molar-refractivity contribution in [2.45, 2.75) is 32.9 Å². The van der Waals surface area contributed by atoms with Crippen LogP contribution in [0.3, 0.4) is 0 Å². The van der Waals surface area contributed by atoms with Gasteiger partial charge in [-0.25, -0.2) is 4.39 Å². The van der Waals surface area contributed by atoms with Crippen LogP contribution >= 0.6 is 15.9 Å². The molecule has 1 heterocycles. The van der Waals surface area contributed by atoms with E-state index < -0.39 is 0 Å². The molecular weight excluding hydrogens is 313 g/mol. The highest BCUT2D eigenvalue weighted by molar-refractivity contribution is 9.10. The second kappa shape index (κ2) is 5.38. The first-order valence-electron chi connectivity index (χ1n) is 5.88. The third-order valence-electron chi connectivity index (χ3n) is 2.40. The van der Waals surface area contributed by atoms with Gasteiger partial charge in [0.2, 0.25) is 11.8 Å². The largest absolute Gasteiger partial charge is 0.419 e. The van der Waals surface area contributed by atoms with Gasteiger partial charge in [-0.1, -0.05) is 0 Å². The van der Waals surface area contributed by atoms with Crippen LogP contribution in [-0.4, -0.2) is 15.7 Å². The summed E-state index contributed by atoms with van der Waals surface area (Å²) < 4.78 is 19.5. The van der Waals surface area contributed by atoms with Gasteiger partial charge in [0.25, 0.3) is 0 Å². The molecule has 1 aromatic heterocycles. The molecule has 0 aliphatic rings. The summed E-state index contributed by atoms with van der Waals surface area (Å²) in [6, 6.07) is 4.34. The van der Waals surface area contributed by atoms with Gasteiger partial charge in [0.05, 0.1) is 12.1 Å². The van der Waals surface area contributed by atoms with Crippen LogP contribution in [0.25, 0.3) is 11.5 Å². The fourth-order valence-corrected chi connectivity index (χ4v) is 1.85. The normalized spacial score (nSPS) is 11.8. The third-order valence-corrected chi connectivity index (χ3v) is 3.09. The Labute approximate surface area is 119 Å². The van der Waals surface area contributed by atoms with Gasteiger partial charge in [-0.2, -0.15) is 0 Å². The van der Waals surface area contributed by atoms with Crippen molar-refractivity contribution in [3.05, 3.63) is 34.4 Å². The van der Waals surface area contributed by atoms with Crippen molar-refractivity contribution in [3.8, 4) is 11.5 Å². The average molecular weight is 328 g/mol. The standard InChI is InChI=1S/C13H15BrFN3O/c1-13(2,3)16-7-11-17-18-12(19-11)9-6-8(15)4-5-10(9)14/h4-6,16H,7H2,1-3H3. The maximum Gasteiger partial charge on any atom is 0.249 e. The van der Waals surface area contributed by atoms with Gasteiger partial charge in [-0.15, -0.1) is 10.2 Å². The maximum absolute atomic E-state index is 13.2. The topological polar surface area (TPSA) is 51.0 Å². The van der Waals surface area contributed by atoms with Gasteiger partial charge < -0.3 is 9.73 Å². The Morgan fingerprint density at radius 1 is 1.32 bits per heavy atom. The molecule has 0 atom stereocenters. The lowest BCUT2D eigenvalue weighted by atomic mass is 10.1. The van der Waals surface area contributed by atoms with E-state index in [0.29, 0.717) is 28.4 Å². The van der Waals surface area contributed by atoms with Gasteiger partial charge in [0.1, 0.15) is 5.82 Å². The summed E-state index contributed by atoms with van der Waals surface area (Å²) in [5, 5.41) is 11.1. The van der Waals surface area contributed by atoms with E-state index in [4.69, 9.17) is 4.42 Å². The predicted octanol–water partition coefficient (Wildman–Crippen LogP) is 3.53. The van der Waals surface area contributed by atoms with E-state index in [9.17, 15) is 4.39 Å². The molecule has 0 saturated heterocycles. The third kappa shape index (κ3) is 3.84. The van der Waals surface area contributed by atoms with E-state index in [1.807, 2.05) is 20.8 Å². The van der Waals surface area contributed by atoms with Gasteiger partial charge in [-0.05, 0) is 54.9 Å². The van der Waals surface area contributed by atoms with Crippen LogP contribution in [-0.2, 0) is 6.54 Å². The molecule has 0 radical (unpaired) electrons. The predicted molar refractivity (Wildman–Crippen MR) is 74.0 cm³/mol. The Balaban J connectivity index is 2.19. The molecule has 0 aliphatic carbocycles. The summed E-state index contributed by atoms with van der Waals surface area (Å²) in [7, 11) is 0. The molecule has 102 valence electrons. The molecule has 0 spiro atoms. The first kappa shape index (κ1) is 14.1. The molecule has 2 aromatic rings. The monoisotopic (exact) mass is 327 g/mol. The lowest BCUT2D eigenvalue weighted by molar-refractivity contribution is 0.383. The van der Waals surface area contributed by atoms with Crippen molar-refractivity contribution in [2.24, 2.45) is 0 Å². The highest BCUT2D eigenvalue weighted by Crippen LogP contribution is 2.27. The summed E-state index contributed by atoms with van der Waals surface area (Å²) in [5.74, 6) is 0.434. The minimum atomic E-state index is -0.342. The Kier molecular flexibility index (Phi) is 4.01. The number of rotatable bonds is 3. The number of halogens is 2. The van der Waals surface area contributed by atoms with Crippen LogP contribution < -0.4 is 5.32 Å². The first-order valence-corrected chi connectivity index (χ1v) is 6.67. The van der Waals surface area contributed by atoms with Crippen molar-refractivity contribution >= 4 is 15.9 Å². The minimum absolute atomic E-state index is 0.0337. The van der Waals surface area contributed by atoms with Crippen LogP contribution in [0.5, 0.6) is 0 Å². The summed E-state index contributed by atoms with van der Waals surface area (Å²) in [6.45, 7) is 6.62. The molecule has 0 amide bonds. The minimum Gasteiger partial charge on any atom is -0.419 e. The molecule has 19 heavy (non-hydrogen) atoms. The molecular formula is C13H15BrFN3O. The number of benzene rings is 1. The number of hydrogen-bond donors (Lipinski definition) is 1. The number of hydrogen-bond acceptors (Lipinski definition) is 4. The quantitative estimate of drug-likeness (QED) is 0.936. The van der Waals surface area contributed by atoms with Crippen LogP contribution in [0, 0.1) is 5.82 Å². The van der Waals surface area contributed by atoms with Crippen LogP contribution in [0.2, 0.25) is 0 Å². The molecule has 0 bridgehead atoms. The second-order valence-electron chi connectivity index (χ2n) is 5.23. The SMILES string of the molecule is CC(C)(C)NCc1nnc(-c2cc(F)ccc2Br)o1. The van der Waals surface area contributed by atoms with Crippen molar-refractivity contribution in [1.82, 2.24) is 15.5 Å². The Morgan fingerprint density at radius 3 is 2.74 bits per heavy atom. The number of aromatic nitrogens is 2. The van der Waals surface area contributed by atoms with Gasteiger partial charge in [0.15, 0.2) is 0 Å². The molecule has 4 nitrogen and oxygen atoms in total. The average Bonchev–Trinajstić information content (AvgIpc) is 2.77. The molecule has 6 heteroatoms. The molecule has 1 N–H and O–H groups in total. The fourth-order valence-electron chi connectivity index (χ4n) is 1.44. The summed E-state index contributed by atoms with van der Waals surface area (Å²) >= 11 is 3.34. The van der Waals surface area contributed by atoms with Gasteiger partial charge in [-0.3, -0.25) is 0 Å². The fraction of sp³-hybridized carbons (Fsp3) is 0.385. The molecule has 0 saturated carbocycles. The van der Waals surface area contributed by atoms with Gasteiger partial charge >= 0.3 is 0 Å². The Hall–Kier alpha value is -1.27. The molecule has 2 rings (SSSR count). The zero-order valence-corrected chi connectivity index (χ0v) is 12.6. The van der Waals surface area contributed by atoms with E-state index in [-0.39, 0.29) is 11.4 Å². The summed E-state index contributed by atoms with van der Waals surface area (Å²) in [4.78, 5) is 0. The zero-order chi connectivity index (χ0) is 14.0. The lowest BCUT2D eigenvalue weighted by Crippen LogP contribution is -2.35. The summed E-state index contributed by atoms with van der Waals surface area (Å²) in [5.41, 5.74) is 0.517. The van der Waals surface area contributed by atoms with Crippen LogP contribution in [0.15, 0.2) is 27.1 Å². The molecule has 0 fully saturated rings. The molecule has 1 aromatic carbocycles.